The molecule has 0 N–H and O–H groups in total. The Kier molecular flexibility index (Phi) is 3.33. The largest absolute Gasteiger partial charge is 0.417 e. The first-order chi connectivity index (χ1) is 9.84. The number of halogens is 4. The molecule has 21 heavy (non-hydrogen) atoms. The van der Waals surface area contributed by atoms with Crippen LogP contribution in [-0.2, 0) is 6.18 Å². The lowest BCUT2D eigenvalue weighted by atomic mass is 10.2. The zero-order valence-corrected chi connectivity index (χ0v) is 12.1. The second-order valence-electron chi connectivity index (χ2n) is 4.41. The highest BCUT2D eigenvalue weighted by molar-refractivity contribution is 7.21. The SMILES string of the molecule is Cc1cnc2sc(-c3ncc(C(F)(F)F)cc3Cl)nc2c1. The molecular formula is C13H7ClF3N3S. The summed E-state index contributed by atoms with van der Waals surface area (Å²) in [7, 11) is 0. The zero-order chi connectivity index (χ0) is 15.2. The van der Waals surface area contributed by atoms with Gasteiger partial charge in [-0.15, -0.1) is 0 Å². The molecule has 0 amide bonds. The Morgan fingerprint density at radius 3 is 2.57 bits per heavy atom. The van der Waals surface area contributed by atoms with E-state index in [4.69, 9.17) is 11.6 Å². The van der Waals surface area contributed by atoms with E-state index < -0.39 is 11.7 Å². The topological polar surface area (TPSA) is 38.7 Å². The Morgan fingerprint density at radius 2 is 1.90 bits per heavy atom. The van der Waals surface area contributed by atoms with E-state index in [-0.39, 0.29) is 10.7 Å². The van der Waals surface area contributed by atoms with E-state index in [1.165, 1.54) is 11.3 Å². The molecule has 3 rings (SSSR count). The lowest BCUT2D eigenvalue weighted by molar-refractivity contribution is -0.137. The van der Waals surface area contributed by atoms with Crippen molar-refractivity contribution in [2.24, 2.45) is 0 Å². The smallest absolute Gasteiger partial charge is 0.252 e. The summed E-state index contributed by atoms with van der Waals surface area (Å²) in [4.78, 5) is 13.0. The number of thiazole rings is 1. The monoisotopic (exact) mass is 329 g/mol. The number of pyridine rings is 2. The van der Waals surface area contributed by atoms with Crippen LogP contribution < -0.4 is 0 Å². The lowest BCUT2D eigenvalue weighted by Crippen LogP contribution is -2.05. The average Bonchev–Trinajstić information content (AvgIpc) is 2.80. The number of alkyl halides is 3. The summed E-state index contributed by atoms with van der Waals surface area (Å²) >= 11 is 7.15. The molecule has 0 unspecified atom stereocenters. The van der Waals surface area contributed by atoms with E-state index in [1.807, 2.05) is 13.0 Å². The van der Waals surface area contributed by atoms with Gasteiger partial charge in [-0.05, 0) is 24.6 Å². The van der Waals surface area contributed by atoms with Gasteiger partial charge in [0.15, 0.2) is 0 Å². The van der Waals surface area contributed by atoms with E-state index >= 15 is 0 Å². The fourth-order valence-electron chi connectivity index (χ4n) is 1.78. The first kappa shape index (κ1) is 14.2. The van der Waals surface area contributed by atoms with Crippen LogP contribution in [0.5, 0.6) is 0 Å². The van der Waals surface area contributed by atoms with Crippen LogP contribution in [0.2, 0.25) is 5.02 Å². The van der Waals surface area contributed by atoms with Crippen molar-refractivity contribution in [1.29, 1.82) is 0 Å². The van der Waals surface area contributed by atoms with Gasteiger partial charge < -0.3 is 0 Å². The number of nitrogens with zero attached hydrogens (tertiary/aromatic N) is 3. The highest BCUT2D eigenvalue weighted by Crippen LogP contribution is 2.36. The van der Waals surface area contributed by atoms with Crippen LogP contribution in [0.4, 0.5) is 13.2 Å². The van der Waals surface area contributed by atoms with Gasteiger partial charge >= 0.3 is 6.18 Å². The highest BCUT2D eigenvalue weighted by atomic mass is 35.5. The molecule has 3 heterocycles. The van der Waals surface area contributed by atoms with Crippen LogP contribution in [0, 0.1) is 6.92 Å². The minimum absolute atomic E-state index is 0.0828. The zero-order valence-electron chi connectivity index (χ0n) is 10.6. The van der Waals surface area contributed by atoms with Gasteiger partial charge in [0.25, 0.3) is 0 Å². The van der Waals surface area contributed by atoms with Gasteiger partial charge in [-0.1, -0.05) is 22.9 Å². The van der Waals surface area contributed by atoms with Crippen molar-refractivity contribution in [3.63, 3.8) is 0 Å². The summed E-state index contributed by atoms with van der Waals surface area (Å²) in [5.41, 5.74) is 0.968. The highest BCUT2D eigenvalue weighted by Gasteiger charge is 2.31. The fourth-order valence-corrected chi connectivity index (χ4v) is 2.99. The average molecular weight is 330 g/mol. The third kappa shape index (κ3) is 2.71. The summed E-state index contributed by atoms with van der Waals surface area (Å²) in [6, 6.07) is 2.70. The normalized spacial score (nSPS) is 12.0. The molecule has 0 aromatic carbocycles. The molecule has 0 saturated heterocycles. The van der Waals surface area contributed by atoms with E-state index in [1.54, 1.807) is 6.20 Å². The summed E-state index contributed by atoms with van der Waals surface area (Å²) in [5, 5.41) is 0.363. The molecule has 0 spiro atoms. The molecule has 0 aliphatic rings. The van der Waals surface area contributed by atoms with Crippen molar-refractivity contribution in [1.82, 2.24) is 15.0 Å². The van der Waals surface area contributed by atoms with Crippen LogP contribution in [0.25, 0.3) is 21.0 Å². The molecule has 3 nitrogen and oxygen atoms in total. The summed E-state index contributed by atoms with van der Waals surface area (Å²) in [6.07, 6.45) is -2.01. The molecule has 3 aromatic heterocycles. The predicted octanol–water partition coefficient (Wildman–Crippen LogP) is 4.73. The summed E-state index contributed by atoms with van der Waals surface area (Å²) in [6.45, 7) is 1.88. The fraction of sp³-hybridized carbons (Fsp3) is 0.154. The van der Waals surface area contributed by atoms with Crippen molar-refractivity contribution in [3.05, 3.63) is 40.7 Å². The quantitative estimate of drug-likeness (QED) is 0.647. The van der Waals surface area contributed by atoms with E-state index in [0.717, 1.165) is 17.8 Å². The molecule has 0 aliphatic heterocycles. The first-order valence-corrected chi connectivity index (χ1v) is 7.00. The Morgan fingerprint density at radius 1 is 1.14 bits per heavy atom. The van der Waals surface area contributed by atoms with E-state index in [0.29, 0.717) is 15.4 Å². The Labute approximate surface area is 126 Å². The van der Waals surface area contributed by atoms with Gasteiger partial charge in [0, 0.05) is 12.4 Å². The maximum Gasteiger partial charge on any atom is 0.417 e. The van der Waals surface area contributed by atoms with Crippen molar-refractivity contribution in [3.8, 4) is 10.7 Å². The molecule has 0 aliphatic carbocycles. The predicted molar refractivity (Wildman–Crippen MR) is 75.4 cm³/mol. The van der Waals surface area contributed by atoms with Gasteiger partial charge in [-0.3, -0.25) is 4.98 Å². The van der Waals surface area contributed by atoms with Gasteiger partial charge in [0.05, 0.1) is 10.6 Å². The number of hydrogen-bond donors (Lipinski definition) is 0. The van der Waals surface area contributed by atoms with Crippen LogP contribution in [0.1, 0.15) is 11.1 Å². The van der Waals surface area contributed by atoms with E-state index in [9.17, 15) is 13.2 Å². The summed E-state index contributed by atoms with van der Waals surface area (Å²) < 4.78 is 37.8. The first-order valence-electron chi connectivity index (χ1n) is 5.81. The van der Waals surface area contributed by atoms with Gasteiger partial charge in [0.2, 0.25) is 0 Å². The molecule has 0 atom stereocenters. The molecule has 0 bridgehead atoms. The van der Waals surface area contributed by atoms with Crippen LogP contribution in [0.15, 0.2) is 24.5 Å². The second kappa shape index (κ2) is 4.92. The number of aromatic nitrogens is 3. The third-order valence-electron chi connectivity index (χ3n) is 2.76. The summed E-state index contributed by atoms with van der Waals surface area (Å²) in [5.74, 6) is 0. The van der Waals surface area contributed by atoms with Crippen molar-refractivity contribution in [2.75, 3.05) is 0 Å². The van der Waals surface area contributed by atoms with Gasteiger partial charge in [-0.25, -0.2) is 9.97 Å². The van der Waals surface area contributed by atoms with Gasteiger partial charge in [-0.2, -0.15) is 13.2 Å². The van der Waals surface area contributed by atoms with Gasteiger partial charge in [0.1, 0.15) is 21.0 Å². The Bertz CT molecular complexity index is 829. The van der Waals surface area contributed by atoms with Crippen LogP contribution >= 0.6 is 22.9 Å². The van der Waals surface area contributed by atoms with Crippen molar-refractivity contribution < 1.29 is 13.2 Å². The number of rotatable bonds is 1. The number of fused-ring (bicyclic) bond motifs is 1. The molecule has 0 radical (unpaired) electrons. The van der Waals surface area contributed by atoms with Crippen LogP contribution in [0.3, 0.4) is 0 Å². The van der Waals surface area contributed by atoms with Crippen molar-refractivity contribution in [2.45, 2.75) is 13.1 Å². The second-order valence-corrected chi connectivity index (χ2v) is 5.79. The minimum atomic E-state index is -4.47. The minimum Gasteiger partial charge on any atom is -0.252 e. The molecule has 108 valence electrons. The third-order valence-corrected chi connectivity index (χ3v) is 4.03. The molecular weight excluding hydrogens is 323 g/mol. The van der Waals surface area contributed by atoms with E-state index in [2.05, 4.69) is 15.0 Å². The number of hydrogen-bond acceptors (Lipinski definition) is 4. The maximum atomic E-state index is 12.6. The molecule has 0 saturated carbocycles. The molecule has 3 aromatic rings. The number of aryl methyl sites for hydroxylation is 1. The van der Waals surface area contributed by atoms with Crippen LogP contribution in [-0.4, -0.2) is 15.0 Å². The Hall–Kier alpha value is -1.73. The standard InChI is InChI=1S/C13H7ClF3N3S/c1-6-2-9-11(19-4-6)21-12(20-9)10-8(14)3-7(5-18-10)13(15,16)17/h2-5H,1H3. The maximum absolute atomic E-state index is 12.6. The molecule has 0 fully saturated rings. The van der Waals surface area contributed by atoms with Crippen molar-refractivity contribution >= 4 is 33.3 Å². The molecule has 8 heteroatoms. The lowest BCUT2D eigenvalue weighted by Gasteiger charge is -2.07. The Balaban J connectivity index is 2.10.